The van der Waals surface area contributed by atoms with Crippen molar-refractivity contribution < 1.29 is 19.1 Å². The number of benzene rings is 3. The number of ether oxygens (including phenoxy) is 2. The van der Waals surface area contributed by atoms with E-state index in [1.807, 2.05) is 19.1 Å². The third-order valence-electron chi connectivity index (χ3n) is 4.45. The number of nitrogens with zero attached hydrogens (tertiary/aromatic N) is 1. The van der Waals surface area contributed by atoms with Crippen LogP contribution in [0.15, 0.2) is 83.5 Å². The zero-order chi connectivity index (χ0) is 21.1. The molecule has 5 nitrogen and oxygen atoms in total. The van der Waals surface area contributed by atoms with Crippen LogP contribution < -0.4 is 4.74 Å². The van der Waals surface area contributed by atoms with Crippen LogP contribution in [-0.4, -0.2) is 17.8 Å². The van der Waals surface area contributed by atoms with Gasteiger partial charge in [0.25, 0.3) is 0 Å². The van der Waals surface area contributed by atoms with E-state index in [2.05, 4.69) is 4.99 Å². The van der Waals surface area contributed by atoms with Crippen LogP contribution in [0.5, 0.6) is 5.75 Å². The second-order valence-electron chi connectivity index (χ2n) is 6.62. The minimum Gasteiger partial charge on any atom is -0.423 e. The van der Waals surface area contributed by atoms with Gasteiger partial charge in [0.05, 0.1) is 5.56 Å². The van der Waals surface area contributed by atoms with Crippen molar-refractivity contribution in [3.05, 3.63) is 106 Å². The van der Waals surface area contributed by atoms with Crippen molar-refractivity contribution in [2.75, 3.05) is 0 Å². The van der Waals surface area contributed by atoms with Crippen molar-refractivity contribution >= 4 is 35.5 Å². The molecule has 0 aromatic heterocycles. The van der Waals surface area contributed by atoms with Crippen LogP contribution in [0.1, 0.15) is 27.0 Å². The molecule has 0 spiro atoms. The van der Waals surface area contributed by atoms with Gasteiger partial charge in [-0.05, 0) is 60.5 Å². The molecule has 1 heterocycles. The number of hydrogen-bond acceptors (Lipinski definition) is 5. The Labute approximate surface area is 178 Å². The van der Waals surface area contributed by atoms with Gasteiger partial charge in [-0.2, -0.15) is 0 Å². The van der Waals surface area contributed by atoms with Crippen LogP contribution in [0.25, 0.3) is 6.08 Å². The maximum Gasteiger partial charge on any atom is 0.363 e. The summed E-state index contributed by atoms with van der Waals surface area (Å²) in [7, 11) is 0. The highest BCUT2D eigenvalue weighted by Crippen LogP contribution is 2.22. The predicted molar refractivity (Wildman–Crippen MR) is 115 cm³/mol. The fourth-order valence-corrected chi connectivity index (χ4v) is 3.10. The summed E-state index contributed by atoms with van der Waals surface area (Å²) < 4.78 is 10.7. The third kappa shape index (κ3) is 4.31. The fraction of sp³-hybridized carbons (Fsp3) is 0.0417. The third-order valence-corrected chi connectivity index (χ3v) is 4.69. The molecule has 3 aromatic rings. The molecule has 0 fully saturated rings. The molecule has 148 valence electrons. The van der Waals surface area contributed by atoms with Gasteiger partial charge in [0.2, 0.25) is 5.90 Å². The predicted octanol–water partition coefficient (Wildman–Crippen LogP) is 5.21. The lowest BCUT2D eigenvalue weighted by atomic mass is 10.1. The summed E-state index contributed by atoms with van der Waals surface area (Å²) in [4.78, 5) is 28.7. The van der Waals surface area contributed by atoms with Crippen LogP contribution >= 0.6 is 11.6 Å². The van der Waals surface area contributed by atoms with E-state index in [9.17, 15) is 9.59 Å². The van der Waals surface area contributed by atoms with Crippen molar-refractivity contribution in [1.82, 2.24) is 0 Å². The number of carbonyl (C=O) groups is 2. The largest absolute Gasteiger partial charge is 0.423 e. The van der Waals surface area contributed by atoms with Crippen molar-refractivity contribution in [2.45, 2.75) is 6.92 Å². The molecule has 0 unspecified atom stereocenters. The lowest BCUT2D eigenvalue weighted by Gasteiger charge is -2.06. The normalized spacial score (nSPS) is 14.4. The number of carbonyl (C=O) groups excluding carboxylic acids is 2. The summed E-state index contributed by atoms with van der Waals surface area (Å²) in [6.07, 6.45) is 1.60. The van der Waals surface area contributed by atoms with Crippen molar-refractivity contribution in [3.8, 4) is 5.75 Å². The minimum absolute atomic E-state index is 0.176. The SMILES string of the molecule is Cc1ccccc1C(=O)Oc1ccc(C=C2N=C(c3cccc(Cl)c3)OC2=O)cc1. The molecule has 30 heavy (non-hydrogen) atoms. The molecule has 0 saturated carbocycles. The lowest BCUT2D eigenvalue weighted by molar-refractivity contribution is -0.129. The summed E-state index contributed by atoms with van der Waals surface area (Å²) in [5.74, 6) is -0.352. The molecule has 0 radical (unpaired) electrons. The monoisotopic (exact) mass is 417 g/mol. The lowest BCUT2D eigenvalue weighted by Crippen LogP contribution is -2.09. The Kier molecular flexibility index (Phi) is 5.46. The van der Waals surface area contributed by atoms with Crippen LogP contribution in [-0.2, 0) is 9.53 Å². The van der Waals surface area contributed by atoms with E-state index in [1.165, 1.54) is 0 Å². The Morgan fingerprint density at radius 1 is 1.03 bits per heavy atom. The average Bonchev–Trinajstić information content (AvgIpc) is 3.10. The van der Waals surface area contributed by atoms with Gasteiger partial charge in [0, 0.05) is 10.6 Å². The molecule has 0 bridgehead atoms. The second-order valence-corrected chi connectivity index (χ2v) is 7.06. The molecular formula is C24H16ClNO4. The van der Waals surface area contributed by atoms with E-state index in [-0.39, 0.29) is 11.6 Å². The van der Waals surface area contributed by atoms with E-state index >= 15 is 0 Å². The molecule has 0 amide bonds. The van der Waals surface area contributed by atoms with Gasteiger partial charge in [-0.1, -0.05) is 48.0 Å². The summed E-state index contributed by atoms with van der Waals surface area (Å²) in [6, 6.07) is 20.9. The van der Waals surface area contributed by atoms with E-state index in [4.69, 9.17) is 21.1 Å². The number of halogens is 1. The van der Waals surface area contributed by atoms with Gasteiger partial charge in [0.15, 0.2) is 5.70 Å². The smallest absolute Gasteiger partial charge is 0.363 e. The number of aryl methyl sites for hydroxylation is 1. The van der Waals surface area contributed by atoms with Crippen LogP contribution in [0.2, 0.25) is 5.02 Å². The molecule has 3 aromatic carbocycles. The van der Waals surface area contributed by atoms with Crippen LogP contribution in [0.3, 0.4) is 0 Å². The van der Waals surface area contributed by atoms with E-state index in [1.54, 1.807) is 66.7 Å². The molecule has 1 aliphatic heterocycles. The maximum absolute atomic E-state index is 12.3. The van der Waals surface area contributed by atoms with Gasteiger partial charge >= 0.3 is 11.9 Å². The van der Waals surface area contributed by atoms with Gasteiger partial charge in [-0.3, -0.25) is 0 Å². The maximum atomic E-state index is 12.3. The molecule has 0 saturated heterocycles. The molecule has 0 atom stereocenters. The highest BCUT2D eigenvalue weighted by molar-refractivity contribution is 6.31. The van der Waals surface area contributed by atoms with Gasteiger partial charge in [-0.25, -0.2) is 14.6 Å². The topological polar surface area (TPSA) is 65.0 Å². The quantitative estimate of drug-likeness (QED) is 0.332. The number of esters is 2. The zero-order valence-corrected chi connectivity index (χ0v) is 16.7. The van der Waals surface area contributed by atoms with E-state index < -0.39 is 11.9 Å². The number of hydrogen-bond donors (Lipinski definition) is 0. The zero-order valence-electron chi connectivity index (χ0n) is 16.0. The van der Waals surface area contributed by atoms with E-state index in [0.29, 0.717) is 27.5 Å². The first-order valence-electron chi connectivity index (χ1n) is 9.16. The number of aliphatic imine (C=N–C) groups is 1. The molecule has 0 aliphatic carbocycles. The highest BCUT2D eigenvalue weighted by Gasteiger charge is 2.24. The standard InChI is InChI=1S/C24H16ClNO4/c1-15-5-2-3-8-20(15)23(27)29-19-11-9-16(10-12-19)13-21-24(28)30-22(26-21)17-6-4-7-18(25)14-17/h2-14H,1H3. The number of cyclic esters (lactones) is 1. The second kappa shape index (κ2) is 8.35. The number of rotatable bonds is 4. The molecule has 6 heteroatoms. The molecule has 0 N–H and O–H groups in total. The molecule has 4 rings (SSSR count). The first-order valence-corrected chi connectivity index (χ1v) is 9.54. The first kappa shape index (κ1) is 19.6. The fourth-order valence-electron chi connectivity index (χ4n) is 2.91. The van der Waals surface area contributed by atoms with Gasteiger partial charge in [-0.15, -0.1) is 0 Å². The summed E-state index contributed by atoms with van der Waals surface area (Å²) >= 11 is 5.98. The van der Waals surface area contributed by atoms with Crippen molar-refractivity contribution in [1.29, 1.82) is 0 Å². The Bertz CT molecular complexity index is 1200. The Morgan fingerprint density at radius 3 is 2.53 bits per heavy atom. The Balaban J connectivity index is 1.50. The van der Waals surface area contributed by atoms with Gasteiger partial charge < -0.3 is 9.47 Å². The molecular weight excluding hydrogens is 402 g/mol. The molecule has 1 aliphatic rings. The van der Waals surface area contributed by atoms with Crippen LogP contribution in [0, 0.1) is 6.92 Å². The average molecular weight is 418 g/mol. The first-order chi connectivity index (χ1) is 14.5. The van der Waals surface area contributed by atoms with Gasteiger partial charge in [0.1, 0.15) is 5.75 Å². The minimum atomic E-state index is -0.542. The Morgan fingerprint density at radius 2 is 1.80 bits per heavy atom. The van der Waals surface area contributed by atoms with Crippen molar-refractivity contribution in [3.63, 3.8) is 0 Å². The summed E-state index contributed by atoms with van der Waals surface area (Å²) in [6.45, 7) is 1.85. The highest BCUT2D eigenvalue weighted by atomic mass is 35.5. The van der Waals surface area contributed by atoms with Crippen molar-refractivity contribution in [2.24, 2.45) is 4.99 Å². The Hall–Kier alpha value is -3.70. The summed E-state index contributed by atoms with van der Waals surface area (Å²) in [5, 5.41) is 0.527. The van der Waals surface area contributed by atoms with E-state index in [0.717, 1.165) is 5.56 Å². The van der Waals surface area contributed by atoms with Crippen LogP contribution in [0.4, 0.5) is 0 Å². The summed E-state index contributed by atoms with van der Waals surface area (Å²) in [5.41, 5.74) is 2.87.